The number of fused-ring (bicyclic) bond motifs is 1. The third-order valence-electron chi connectivity index (χ3n) is 3.26. The van der Waals surface area contributed by atoms with Crippen LogP contribution in [-0.4, -0.2) is 48.4 Å². The van der Waals surface area contributed by atoms with E-state index in [1.54, 1.807) is 11.9 Å². The Hall–Kier alpha value is -1.88. The Labute approximate surface area is 112 Å². The Bertz CT molecular complexity index is 499. The monoisotopic (exact) mass is 262 g/mol. The van der Waals surface area contributed by atoms with Crippen molar-refractivity contribution in [3.63, 3.8) is 0 Å². The first-order chi connectivity index (χ1) is 9.06. The number of Topliss-reactive ketones (excluding diaryl/α,β-unsaturated/α-hetero) is 1. The molecule has 5 nitrogen and oxygen atoms in total. The van der Waals surface area contributed by atoms with E-state index in [2.05, 4.69) is 5.32 Å². The Morgan fingerprint density at radius 1 is 1.42 bits per heavy atom. The molecule has 1 aliphatic rings. The first kappa shape index (κ1) is 13.5. The first-order valence-electron chi connectivity index (χ1n) is 6.36. The maximum Gasteiger partial charge on any atom is 0.304 e. The molecule has 0 saturated heterocycles. The Morgan fingerprint density at radius 3 is 2.95 bits per heavy atom. The molecule has 0 fully saturated rings. The van der Waals surface area contributed by atoms with Gasteiger partial charge in [-0.2, -0.15) is 0 Å². The smallest absolute Gasteiger partial charge is 0.304 e. The number of hydrogen-bond donors (Lipinski definition) is 2. The van der Waals surface area contributed by atoms with Crippen LogP contribution in [0, 0.1) is 0 Å². The van der Waals surface area contributed by atoms with E-state index < -0.39 is 5.97 Å². The predicted octanol–water partition coefficient (Wildman–Crippen LogP) is 1.24. The van der Waals surface area contributed by atoms with Crippen LogP contribution in [0.3, 0.4) is 0 Å². The van der Waals surface area contributed by atoms with E-state index in [1.807, 2.05) is 18.2 Å². The average molecular weight is 262 g/mol. The molecule has 0 aliphatic carbocycles. The van der Waals surface area contributed by atoms with E-state index >= 15 is 0 Å². The van der Waals surface area contributed by atoms with Crippen molar-refractivity contribution in [1.82, 2.24) is 4.90 Å². The van der Waals surface area contributed by atoms with Gasteiger partial charge in [0.1, 0.15) is 0 Å². The lowest BCUT2D eigenvalue weighted by Gasteiger charge is -2.14. The van der Waals surface area contributed by atoms with Crippen molar-refractivity contribution in [3.8, 4) is 0 Å². The van der Waals surface area contributed by atoms with Gasteiger partial charge in [-0.3, -0.25) is 14.5 Å². The van der Waals surface area contributed by atoms with Crippen LogP contribution >= 0.6 is 0 Å². The topological polar surface area (TPSA) is 69.6 Å². The van der Waals surface area contributed by atoms with Crippen LogP contribution < -0.4 is 5.32 Å². The highest BCUT2D eigenvalue weighted by molar-refractivity contribution is 5.98. The van der Waals surface area contributed by atoms with E-state index in [0.717, 1.165) is 18.7 Å². The third kappa shape index (κ3) is 3.54. The molecule has 2 rings (SSSR count). The quantitative estimate of drug-likeness (QED) is 0.755. The summed E-state index contributed by atoms with van der Waals surface area (Å²) in [5.41, 5.74) is 2.99. The zero-order valence-electron chi connectivity index (χ0n) is 11.0. The fourth-order valence-corrected chi connectivity index (χ4v) is 2.18. The normalized spacial score (nSPS) is 13.2. The van der Waals surface area contributed by atoms with Crippen LogP contribution in [0.4, 0.5) is 5.69 Å². The maximum atomic E-state index is 12.1. The average Bonchev–Trinajstić information content (AvgIpc) is 2.83. The van der Waals surface area contributed by atoms with Crippen molar-refractivity contribution in [3.05, 3.63) is 29.3 Å². The van der Waals surface area contributed by atoms with Crippen molar-refractivity contribution in [2.24, 2.45) is 0 Å². The number of likely N-dealkylation sites (N-methyl/N-ethyl adjacent to an activating group) is 1. The predicted molar refractivity (Wildman–Crippen MR) is 72.7 cm³/mol. The molecule has 19 heavy (non-hydrogen) atoms. The molecule has 2 N–H and O–H groups in total. The number of carboxylic acid groups (broad SMARTS) is 1. The second-order valence-electron chi connectivity index (χ2n) is 4.85. The molecule has 0 amide bonds. The largest absolute Gasteiger partial charge is 0.481 e. The lowest BCUT2D eigenvalue weighted by atomic mass is 10.0. The molecule has 102 valence electrons. The summed E-state index contributed by atoms with van der Waals surface area (Å²) in [6, 6.07) is 5.69. The van der Waals surface area contributed by atoms with Crippen molar-refractivity contribution < 1.29 is 14.7 Å². The van der Waals surface area contributed by atoms with E-state index in [1.165, 1.54) is 5.56 Å². The fraction of sp³-hybridized carbons (Fsp3) is 0.429. The summed E-state index contributed by atoms with van der Waals surface area (Å²) in [6.07, 6.45) is 1.00. The van der Waals surface area contributed by atoms with Gasteiger partial charge in [-0.25, -0.2) is 0 Å². The lowest BCUT2D eigenvalue weighted by molar-refractivity contribution is -0.137. The van der Waals surface area contributed by atoms with Crippen LogP contribution in [0.5, 0.6) is 0 Å². The number of hydrogen-bond acceptors (Lipinski definition) is 4. The maximum absolute atomic E-state index is 12.1. The van der Waals surface area contributed by atoms with Crippen molar-refractivity contribution >= 4 is 17.4 Å². The van der Waals surface area contributed by atoms with Crippen LogP contribution in [0.2, 0.25) is 0 Å². The van der Waals surface area contributed by atoms with Gasteiger partial charge >= 0.3 is 5.97 Å². The van der Waals surface area contributed by atoms with Gasteiger partial charge < -0.3 is 10.4 Å². The van der Waals surface area contributed by atoms with Crippen molar-refractivity contribution in [1.29, 1.82) is 0 Å². The number of nitrogens with zero attached hydrogens (tertiary/aromatic N) is 1. The Balaban J connectivity index is 1.94. The van der Waals surface area contributed by atoms with E-state index in [9.17, 15) is 9.59 Å². The molecule has 0 bridgehead atoms. The number of carbonyl (C=O) groups excluding carboxylic acids is 1. The minimum Gasteiger partial charge on any atom is -0.481 e. The van der Waals surface area contributed by atoms with Crippen LogP contribution in [0.1, 0.15) is 22.3 Å². The highest BCUT2D eigenvalue weighted by Crippen LogP contribution is 2.23. The molecule has 0 radical (unpaired) electrons. The number of nitrogens with one attached hydrogen (secondary N) is 1. The highest BCUT2D eigenvalue weighted by Gasteiger charge is 2.15. The number of rotatable bonds is 6. The molecule has 1 aliphatic heterocycles. The van der Waals surface area contributed by atoms with Crippen LogP contribution in [-0.2, 0) is 11.2 Å². The molecule has 0 spiro atoms. The Morgan fingerprint density at radius 2 is 2.21 bits per heavy atom. The zero-order valence-corrected chi connectivity index (χ0v) is 11.0. The number of aliphatic carboxylic acids is 1. The summed E-state index contributed by atoms with van der Waals surface area (Å²) >= 11 is 0. The van der Waals surface area contributed by atoms with E-state index in [0.29, 0.717) is 12.1 Å². The highest BCUT2D eigenvalue weighted by atomic mass is 16.4. The van der Waals surface area contributed by atoms with Crippen molar-refractivity contribution in [2.75, 3.05) is 32.0 Å². The Kier molecular flexibility index (Phi) is 4.16. The number of carbonyl (C=O) groups is 2. The second kappa shape index (κ2) is 5.84. The first-order valence-corrected chi connectivity index (χ1v) is 6.36. The number of benzene rings is 1. The summed E-state index contributed by atoms with van der Waals surface area (Å²) in [5, 5.41) is 11.9. The van der Waals surface area contributed by atoms with E-state index in [4.69, 9.17) is 5.11 Å². The molecule has 0 atom stereocenters. The molecule has 1 aromatic rings. The zero-order chi connectivity index (χ0) is 13.8. The van der Waals surface area contributed by atoms with Gasteiger partial charge in [0.05, 0.1) is 13.0 Å². The van der Waals surface area contributed by atoms with Gasteiger partial charge in [0.2, 0.25) is 0 Å². The summed E-state index contributed by atoms with van der Waals surface area (Å²) in [7, 11) is 1.76. The van der Waals surface area contributed by atoms with Gasteiger partial charge in [-0.05, 0) is 37.2 Å². The van der Waals surface area contributed by atoms with Gasteiger partial charge in [-0.1, -0.05) is 0 Å². The molecule has 0 unspecified atom stereocenters. The van der Waals surface area contributed by atoms with Crippen LogP contribution in [0.25, 0.3) is 0 Å². The molecule has 0 saturated carbocycles. The standard InChI is InChI=1S/C14H18N2O3/c1-16(7-5-14(18)19)9-13(17)11-2-3-12-10(8-11)4-6-15-12/h2-3,8,15H,4-7,9H2,1H3,(H,18,19). The minimum absolute atomic E-state index is 0.0302. The molecular weight excluding hydrogens is 244 g/mol. The lowest BCUT2D eigenvalue weighted by Crippen LogP contribution is -2.28. The van der Waals surface area contributed by atoms with Crippen molar-refractivity contribution in [2.45, 2.75) is 12.8 Å². The summed E-state index contributed by atoms with van der Waals surface area (Å²) in [6.45, 7) is 1.55. The third-order valence-corrected chi connectivity index (χ3v) is 3.26. The number of carboxylic acids is 1. The summed E-state index contributed by atoms with van der Waals surface area (Å²) in [5.74, 6) is -0.814. The van der Waals surface area contributed by atoms with Gasteiger partial charge in [0.25, 0.3) is 0 Å². The molecule has 1 aromatic carbocycles. The summed E-state index contributed by atoms with van der Waals surface area (Å²) < 4.78 is 0. The van der Waals surface area contributed by atoms with Gasteiger partial charge in [0, 0.05) is 24.3 Å². The molecular formula is C14H18N2O3. The van der Waals surface area contributed by atoms with E-state index in [-0.39, 0.29) is 18.7 Å². The molecule has 0 aromatic heterocycles. The van der Waals surface area contributed by atoms with Gasteiger partial charge in [-0.15, -0.1) is 0 Å². The number of ketones is 1. The second-order valence-corrected chi connectivity index (χ2v) is 4.85. The van der Waals surface area contributed by atoms with Gasteiger partial charge in [0.15, 0.2) is 5.78 Å². The van der Waals surface area contributed by atoms with Crippen LogP contribution in [0.15, 0.2) is 18.2 Å². The fourth-order valence-electron chi connectivity index (χ4n) is 2.18. The summed E-state index contributed by atoms with van der Waals surface area (Å²) in [4.78, 5) is 24.3. The number of anilines is 1. The molecule has 5 heteroatoms. The SMILES string of the molecule is CN(CCC(=O)O)CC(=O)c1ccc2c(c1)CCN2. The molecule has 1 heterocycles. The minimum atomic E-state index is -0.845.